The summed E-state index contributed by atoms with van der Waals surface area (Å²) >= 11 is 0. The van der Waals surface area contributed by atoms with Gasteiger partial charge in [0.15, 0.2) is 0 Å². The molecule has 0 bridgehead atoms. The van der Waals surface area contributed by atoms with E-state index in [2.05, 4.69) is 25.6 Å². The van der Waals surface area contributed by atoms with Gasteiger partial charge in [0, 0.05) is 38.3 Å². The maximum absolute atomic E-state index is 5.46. The van der Waals surface area contributed by atoms with E-state index in [4.69, 9.17) is 4.74 Å². The molecule has 1 atom stereocenters. The predicted octanol–water partition coefficient (Wildman–Crippen LogP) is 1.38. The zero-order valence-corrected chi connectivity index (χ0v) is 11.9. The van der Waals surface area contributed by atoms with Crippen LogP contribution in [0.25, 0.3) is 0 Å². The third kappa shape index (κ3) is 4.16. The van der Waals surface area contributed by atoms with Crippen LogP contribution >= 0.6 is 0 Å². The second kappa shape index (κ2) is 7.03. The van der Waals surface area contributed by atoms with Crippen LogP contribution in [0.4, 0.5) is 11.8 Å². The Bertz CT molecular complexity index is 538. The molecule has 1 saturated heterocycles. The average molecular weight is 288 g/mol. The van der Waals surface area contributed by atoms with Crippen molar-refractivity contribution in [2.24, 2.45) is 0 Å². The summed E-state index contributed by atoms with van der Waals surface area (Å²) in [5.74, 6) is 1.47. The highest BCUT2D eigenvalue weighted by molar-refractivity contribution is 5.40. The molecular formula is C14H20N6O. The molecule has 7 nitrogen and oxygen atoms in total. The molecule has 112 valence electrons. The number of imidazole rings is 1. The Morgan fingerprint density at radius 1 is 1.38 bits per heavy atom. The van der Waals surface area contributed by atoms with E-state index in [-0.39, 0.29) is 0 Å². The zero-order valence-electron chi connectivity index (χ0n) is 11.9. The Balaban J connectivity index is 1.50. The summed E-state index contributed by atoms with van der Waals surface area (Å²) < 4.78 is 7.47. The molecule has 1 aliphatic heterocycles. The standard InChI is InChI=1S/C14H20N6O/c1-2-12(10-21-9-1)18-13-3-4-16-14(19-13)17-6-8-20-7-5-15-11-20/h3-5,7,11-12H,1-2,6,8-10H2,(H2,16,17,18,19)/t12-/m0/s1. The molecule has 2 aromatic heterocycles. The lowest BCUT2D eigenvalue weighted by molar-refractivity contribution is 0.0875. The van der Waals surface area contributed by atoms with E-state index in [1.54, 1.807) is 18.7 Å². The van der Waals surface area contributed by atoms with Crippen molar-refractivity contribution in [2.45, 2.75) is 25.4 Å². The van der Waals surface area contributed by atoms with Gasteiger partial charge >= 0.3 is 0 Å². The van der Waals surface area contributed by atoms with Crippen LogP contribution in [0.1, 0.15) is 12.8 Å². The quantitative estimate of drug-likeness (QED) is 0.836. The van der Waals surface area contributed by atoms with Gasteiger partial charge in [-0.2, -0.15) is 4.98 Å². The van der Waals surface area contributed by atoms with E-state index in [0.29, 0.717) is 12.0 Å². The maximum atomic E-state index is 5.46. The lowest BCUT2D eigenvalue weighted by Gasteiger charge is -2.23. The Hall–Kier alpha value is -2.15. The predicted molar refractivity (Wildman–Crippen MR) is 80.2 cm³/mol. The van der Waals surface area contributed by atoms with E-state index in [1.165, 1.54) is 0 Å². The molecule has 21 heavy (non-hydrogen) atoms. The van der Waals surface area contributed by atoms with Crippen molar-refractivity contribution < 1.29 is 4.74 Å². The second-order valence-electron chi connectivity index (χ2n) is 5.05. The van der Waals surface area contributed by atoms with Crippen molar-refractivity contribution in [1.29, 1.82) is 0 Å². The van der Waals surface area contributed by atoms with Gasteiger partial charge in [0.2, 0.25) is 5.95 Å². The van der Waals surface area contributed by atoms with Gasteiger partial charge in [-0.05, 0) is 18.9 Å². The van der Waals surface area contributed by atoms with Crippen LogP contribution in [0.15, 0.2) is 31.0 Å². The van der Waals surface area contributed by atoms with Crippen molar-refractivity contribution in [3.05, 3.63) is 31.0 Å². The van der Waals surface area contributed by atoms with Gasteiger partial charge in [-0.15, -0.1) is 0 Å². The van der Waals surface area contributed by atoms with Crippen LogP contribution in [-0.4, -0.2) is 45.3 Å². The Morgan fingerprint density at radius 2 is 2.38 bits per heavy atom. The van der Waals surface area contributed by atoms with Gasteiger partial charge in [0.25, 0.3) is 0 Å². The van der Waals surface area contributed by atoms with Gasteiger partial charge in [-0.25, -0.2) is 9.97 Å². The molecule has 0 aliphatic carbocycles. The average Bonchev–Trinajstić information content (AvgIpc) is 3.02. The number of rotatable bonds is 6. The molecule has 2 N–H and O–H groups in total. The summed E-state index contributed by atoms with van der Waals surface area (Å²) in [6, 6.07) is 2.22. The molecule has 0 radical (unpaired) electrons. The summed E-state index contributed by atoms with van der Waals surface area (Å²) in [6.07, 6.45) is 9.48. The molecule has 0 saturated carbocycles. The highest BCUT2D eigenvalue weighted by Crippen LogP contribution is 2.13. The van der Waals surface area contributed by atoms with Gasteiger partial charge in [-0.3, -0.25) is 0 Å². The summed E-state index contributed by atoms with van der Waals surface area (Å²) in [5, 5.41) is 6.61. The molecule has 1 aliphatic rings. The van der Waals surface area contributed by atoms with Crippen molar-refractivity contribution in [3.8, 4) is 0 Å². The smallest absolute Gasteiger partial charge is 0.224 e. The van der Waals surface area contributed by atoms with Crippen LogP contribution in [0.5, 0.6) is 0 Å². The first-order chi connectivity index (χ1) is 10.4. The maximum Gasteiger partial charge on any atom is 0.224 e. The molecule has 7 heteroatoms. The first-order valence-electron chi connectivity index (χ1n) is 7.27. The van der Waals surface area contributed by atoms with E-state index in [9.17, 15) is 0 Å². The van der Waals surface area contributed by atoms with Crippen molar-refractivity contribution in [3.63, 3.8) is 0 Å². The van der Waals surface area contributed by atoms with Crippen molar-refractivity contribution in [1.82, 2.24) is 19.5 Å². The second-order valence-corrected chi connectivity index (χ2v) is 5.05. The Labute approximate surface area is 123 Å². The first-order valence-corrected chi connectivity index (χ1v) is 7.27. The topological polar surface area (TPSA) is 76.9 Å². The molecule has 0 aromatic carbocycles. The fourth-order valence-electron chi connectivity index (χ4n) is 2.30. The minimum atomic E-state index is 0.340. The summed E-state index contributed by atoms with van der Waals surface area (Å²) in [4.78, 5) is 12.7. The van der Waals surface area contributed by atoms with Crippen LogP contribution in [0.2, 0.25) is 0 Å². The van der Waals surface area contributed by atoms with Gasteiger partial charge in [-0.1, -0.05) is 0 Å². The monoisotopic (exact) mass is 288 g/mol. The van der Waals surface area contributed by atoms with Crippen LogP contribution < -0.4 is 10.6 Å². The number of aromatic nitrogens is 4. The Kier molecular flexibility index (Phi) is 4.62. The zero-order chi connectivity index (χ0) is 14.3. The third-order valence-corrected chi connectivity index (χ3v) is 3.38. The fraction of sp³-hybridized carbons (Fsp3) is 0.500. The number of ether oxygens (including phenoxy) is 1. The molecule has 0 amide bonds. The van der Waals surface area contributed by atoms with Gasteiger partial charge in [0.1, 0.15) is 5.82 Å². The van der Waals surface area contributed by atoms with Crippen LogP contribution in [0, 0.1) is 0 Å². The third-order valence-electron chi connectivity index (χ3n) is 3.38. The number of hydrogen-bond donors (Lipinski definition) is 2. The van der Waals surface area contributed by atoms with Crippen molar-refractivity contribution >= 4 is 11.8 Å². The lowest BCUT2D eigenvalue weighted by Crippen LogP contribution is -2.30. The SMILES string of the molecule is c1cn(CCNc2nccc(N[C@H]3CCCOC3)n2)cn1. The highest BCUT2D eigenvalue weighted by Gasteiger charge is 2.14. The molecule has 0 spiro atoms. The number of anilines is 2. The number of nitrogens with one attached hydrogen (secondary N) is 2. The normalized spacial score (nSPS) is 18.4. The van der Waals surface area contributed by atoms with E-state index in [1.807, 2.05) is 16.8 Å². The minimum absolute atomic E-state index is 0.340. The van der Waals surface area contributed by atoms with E-state index in [0.717, 1.165) is 45.0 Å². The van der Waals surface area contributed by atoms with Gasteiger partial charge in [0.05, 0.1) is 19.0 Å². The van der Waals surface area contributed by atoms with E-state index >= 15 is 0 Å². The summed E-state index contributed by atoms with van der Waals surface area (Å²) in [6.45, 7) is 3.19. The van der Waals surface area contributed by atoms with Gasteiger partial charge < -0.3 is 19.9 Å². The van der Waals surface area contributed by atoms with Crippen molar-refractivity contribution in [2.75, 3.05) is 30.4 Å². The van der Waals surface area contributed by atoms with Crippen LogP contribution in [0.3, 0.4) is 0 Å². The number of nitrogens with zero attached hydrogens (tertiary/aromatic N) is 4. The van der Waals surface area contributed by atoms with E-state index < -0.39 is 0 Å². The molecule has 3 heterocycles. The largest absolute Gasteiger partial charge is 0.379 e. The highest BCUT2D eigenvalue weighted by atomic mass is 16.5. The summed E-state index contributed by atoms with van der Waals surface area (Å²) in [7, 11) is 0. The molecule has 3 rings (SSSR count). The molecule has 2 aromatic rings. The Morgan fingerprint density at radius 3 is 3.19 bits per heavy atom. The lowest BCUT2D eigenvalue weighted by atomic mass is 10.1. The molecular weight excluding hydrogens is 268 g/mol. The number of hydrogen-bond acceptors (Lipinski definition) is 6. The molecule has 0 unspecified atom stereocenters. The first kappa shape index (κ1) is 13.8. The van der Waals surface area contributed by atoms with Crippen LogP contribution in [-0.2, 0) is 11.3 Å². The fourth-order valence-corrected chi connectivity index (χ4v) is 2.30. The summed E-state index contributed by atoms with van der Waals surface area (Å²) in [5.41, 5.74) is 0. The molecule has 1 fully saturated rings. The minimum Gasteiger partial charge on any atom is -0.379 e.